The first-order valence-corrected chi connectivity index (χ1v) is 14.7. The zero-order valence-electron chi connectivity index (χ0n) is 22.8. The summed E-state index contributed by atoms with van der Waals surface area (Å²) in [7, 11) is 0. The third-order valence-electron chi connectivity index (χ3n) is 6.99. The SMILES string of the molecule is CCCCCCCCCCCCCCCC(OCc1ccccc1)C(CCCCN)COCC. The van der Waals surface area contributed by atoms with E-state index in [0.29, 0.717) is 12.5 Å². The first-order valence-electron chi connectivity index (χ1n) is 14.7. The van der Waals surface area contributed by atoms with Crippen molar-refractivity contribution in [3.05, 3.63) is 35.9 Å². The Balaban J connectivity index is 2.31. The van der Waals surface area contributed by atoms with Crippen LogP contribution in [0, 0.1) is 5.92 Å². The van der Waals surface area contributed by atoms with Crippen LogP contribution in [0.4, 0.5) is 0 Å². The quantitative estimate of drug-likeness (QED) is 0.144. The summed E-state index contributed by atoms with van der Waals surface area (Å²) in [6, 6.07) is 10.6. The van der Waals surface area contributed by atoms with Crippen LogP contribution in [0.2, 0.25) is 0 Å². The van der Waals surface area contributed by atoms with Gasteiger partial charge in [-0.3, -0.25) is 0 Å². The van der Waals surface area contributed by atoms with E-state index in [1.165, 1.54) is 89.0 Å². The Bertz CT molecular complexity index is 521. The molecule has 0 aliphatic heterocycles. The van der Waals surface area contributed by atoms with E-state index in [0.717, 1.165) is 45.4 Å². The molecular formula is C31H57NO2. The molecule has 1 aromatic rings. The van der Waals surface area contributed by atoms with E-state index in [4.69, 9.17) is 15.2 Å². The number of hydrogen-bond acceptors (Lipinski definition) is 3. The number of hydrogen-bond donors (Lipinski definition) is 1. The molecule has 0 saturated heterocycles. The van der Waals surface area contributed by atoms with Crippen LogP contribution < -0.4 is 5.73 Å². The van der Waals surface area contributed by atoms with Crippen molar-refractivity contribution in [1.82, 2.24) is 0 Å². The molecule has 1 rings (SSSR count). The minimum absolute atomic E-state index is 0.275. The minimum atomic E-state index is 0.275. The molecule has 0 fully saturated rings. The van der Waals surface area contributed by atoms with Gasteiger partial charge in [-0.15, -0.1) is 0 Å². The van der Waals surface area contributed by atoms with Crippen molar-refractivity contribution in [2.75, 3.05) is 19.8 Å². The Hall–Kier alpha value is -0.900. The van der Waals surface area contributed by atoms with Crippen molar-refractivity contribution in [2.24, 2.45) is 11.7 Å². The smallest absolute Gasteiger partial charge is 0.0720 e. The van der Waals surface area contributed by atoms with Gasteiger partial charge in [0.2, 0.25) is 0 Å². The normalized spacial score (nSPS) is 13.3. The summed E-state index contributed by atoms with van der Waals surface area (Å²) in [5, 5.41) is 0. The third kappa shape index (κ3) is 17.5. The highest BCUT2D eigenvalue weighted by molar-refractivity contribution is 5.13. The number of rotatable bonds is 25. The van der Waals surface area contributed by atoms with Gasteiger partial charge in [-0.2, -0.15) is 0 Å². The van der Waals surface area contributed by atoms with Crippen LogP contribution in [0.15, 0.2) is 30.3 Å². The maximum absolute atomic E-state index is 6.51. The number of nitrogens with two attached hydrogens (primary N) is 1. The fraction of sp³-hybridized carbons (Fsp3) is 0.806. The van der Waals surface area contributed by atoms with Crippen molar-refractivity contribution in [3.63, 3.8) is 0 Å². The summed E-state index contributed by atoms with van der Waals surface area (Å²) < 4.78 is 12.4. The lowest BCUT2D eigenvalue weighted by Crippen LogP contribution is -2.28. The van der Waals surface area contributed by atoms with E-state index in [9.17, 15) is 0 Å². The molecule has 0 heterocycles. The summed E-state index contributed by atoms with van der Waals surface area (Å²) in [5.41, 5.74) is 7.01. The van der Waals surface area contributed by atoms with Crippen LogP contribution in [0.3, 0.4) is 0 Å². The molecule has 2 N–H and O–H groups in total. The van der Waals surface area contributed by atoms with E-state index in [1.807, 2.05) is 0 Å². The Morgan fingerprint density at radius 2 is 1.24 bits per heavy atom. The molecule has 0 bridgehead atoms. The number of benzene rings is 1. The molecule has 198 valence electrons. The summed E-state index contributed by atoms with van der Waals surface area (Å²) >= 11 is 0. The highest BCUT2D eigenvalue weighted by Crippen LogP contribution is 2.24. The van der Waals surface area contributed by atoms with Gasteiger partial charge in [-0.1, -0.05) is 127 Å². The highest BCUT2D eigenvalue weighted by atomic mass is 16.5. The van der Waals surface area contributed by atoms with Crippen LogP contribution in [-0.2, 0) is 16.1 Å². The van der Waals surface area contributed by atoms with Crippen LogP contribution in [-0.4, -0.2) is 25.9 Å². The maximum atomic E-state index is 6.51. The van der Waals surface area contributed by atoms with Gasteiger partial charge in [0, 0.05) is 12.5 Å². The van der Waals surface area contributed by atoms with Gasteiger partial charge in [0.25, 0.3) is 0 Å². The largest absolute Gasteiger partial charge is 0.381 e. The Labute approximate surface area is 212 Å². The molecule has 2 unspecified atom stereocenters. The van der Waals surface area contributed by atoms with Gasteiger partial charge in [-0.25, -0.2) is 0 Å². The van der Waals surface area contributed by atoms with Crippen molar-refractivity contribution < 1.29 is 9.47 Å². The van der Waals surface area contributed by atoms with Crippen molar-refractivity contribution >= 4 is 0 Å². The van der Waals surface area contributed by atoms with Crippen molar-refractivity contribution in [2.45, 2.75) is 136 Å². The molecule has 0 amide bonds. The Kier molecular flexibility index (Phi) is 21.8. The van der Waals surface area contributed by atoms with Crippen LogP contribution in [0.5, 0.6) is 0 Å². The molecule has 3 nitrogen and oxygen atoms in total. The second-order valence-corrected chi connectivity index (χ2v) is 10.1. The number of ether oxygens (including phenoxy) is 2. The first kappa shape index (κ1) is 31.1. The van der Waals surface area contributed by atoms with Gasteiger partial charge < -0.3 is 15.2 Å². The Morgan fingerprint density at radius 3 is 1.79 bits per heavy atom. The van der Waals surface area contributed by atoms with E-state index in [2.05, 4.69) is 44.2 Å². The Morgan fingerprint density at radius 1 is 0.676 bits per heavy atom. The maximum Gasteiger partial charge on any atom is 0.0720 e. The molecule has 0 radical (unpaired) electrons. The van der Waals surface area contributed by atoms with E-state index in [-0.39, 0.29) is 6.10 Å². The van der Waals surface area contributed by atoms with E-state index in [1.54, 1.807) is 0 Å². The molecule has 0 aromatic heterocycles. The molecular weight excluding hydrogens is 418 g/mol. The summed E-state index contributed by atoms with van der Waals surface area (Å²) in [6.45, 7) is 7.43. The van der Waals surface area contributed by atoms with Gasteiger partial charge in [-0.05, 0) is 38.3 Å². The highest BCUT2D eigenvalue weighted by Gasteiger charge is 2.22. The lowest BCUT2D eigenvalue weighted by molar-refractivity contribution is -0.0380. The monoisotopic (exact) mass is 475 g/mol. The second-order valence-electron chi connectivity index (χ2n) is 10.1. The fourth-order valence-corrected chi connectivity index (χ4v) is 4.79. The van der Waals surface area contributed by atoms with E-state index < -0.39 is 0 Å². The summed E-state index contributed by atoms with van der Waals surface area (Å²) in [6.07, 6.45) is 23.0. The van der Waals surface area contributed by atoms with Crippen LogP contribution in [0.25, 0.3) is 0 Å². The van der Waals surface area contributed by atoms with E-state index >= 15 is 0 Å². The zero-order valence-corrected chi connectivity index (χ0v) is 22.8. The molecule has 2 atom stereocenters. The first-order chi connectivity index (χ1) is 16.8. The molecule has 0 aliphatic rings. The lowest BCUT2D eigenvalue weighted by atomic mass is 9.92. The summed E-state index contributed by atoms with van der Waals surface area (Å²) in [4.78, 5) is 0. The lowest BCUT2D eigenvalue weighted by Gasteiger charge is -2.28. The molecule has 3 heteroatoms. The molecule has 0 aliphatic carbocycles. The number of unbranched alkanes of at least 4 members (excludes halogenated alkanes) is 13. The summed E-state index contributed by atoms with van der Waals surface area (Å²) in [5.74, 6) is 0.465. The predicted molar refractivity (Wildman–Crippen MR) is 148 cm³/mol. The van der Waals surface area contributed by atoms with Gasteiger partial charge >= 0.3 is 0 Å². The van der Waals surface area contributed by atoms with Gasteiger partial charge in [0.1, 0.15) is 0 Å². The van der Waals surface area contributed by atoms with Crippen molar-refractivity contribution in [3.8, 4) is 0 Å². The molecule has 0 saturated carbocycles. The minimum Gasteiger partial charge on any atom is -0.381 e. The molecule has 34 heavy (non-hydrogen) atoms. The molecule has 1 aromatic carbocycles. The average molecular weight is 476 g/mol. The van der Waals surface area contributed by atoms with Crippen molar-refractivity contribution in [1.29, 1.82) is 0 Å². The third-order valence-corrected chi connectivity index (χ3v) is 6.99. The average Bonchev–Trinajstić information content (AvgIpc) is 2.87. The van der Waals surface area contributed by atoms with Crippen LogP contribution >= 0.6 is 0 Å². The second kappa shape index (κ2) is 23.8. The molecule has 0 spiro atoms. The van der Waals surface area contributed by atoms with Gasteiger partial charge in [0.15, 0.2) is 0 Å². The van der Waals surface area contributed by atoms with Crippen LogP contribution in [0.1, 0.15) is 129 Å². The topological polar surface area (TPSA) is 44.5 Å². The predicted octanol–water partition coefficient (Wildman–Crippen LogP) is 8.83. The standard InChI is InChI=1S/C31H57NO2/c1-3-5-6-7-8-9-10-11-12-13-14-15-19-25-31(34-27-29-22-17-16-18-23-29)30(28-33-4-2)24-20-21-26-32/h16-18,22-23,30-31H,3-15,19-21,24-28,32H2,1-2H3. The fourth-order valence-electron chi connectivity index (χ4n) is 4.79. The van der Waals surface area contributed by atoms with Gasteiger partial charge in [0.05, 0.1) is 19.3 Å². The zero-order chi connectivity index (χ0) is 24.5.